The number of carbonyl (C=O) groups is 3. The van der Waals surface area contributed by atoms with Crippen molar-refractivity contribution in [2.45, 2.75) is 36.6 Å². The van der Waals surface area contributed by atoms with Crippen LogP contribution in [0, 0.1) is 25.7 Å². The van der Waals surface area contributed by atoms with Gasteiger partial charge >= 0.3 is 0 Å². The molecule has 1 N–H and O–H groups in total. The quantitative estimate of drug-likeness (QED) is 0.298. The average molecular weight is 598 g/mol. The summed E-state index contributed by atoms with van der Waals surface area (Å²) in [6.07, 6.45) is 0. The highest BCUT2D eigenvalue weighted by Gasteiger charge is 2.73. The Morgan fingerprint density at radius 3 is 1.70 bits per heavy atom. The maximum absolute atomic E-state index is 14.0. The highest BCUT2D eigenvalue weighted by atomic mass is 79.9. The average Bonchev–Trinajstić information content (AvgIpc) is 3.18. The number of hydrogen-bond donors (Lipinski definition) is 1. The van der Waals surface area contributed by atoms with Crippen LogP contribution in [0.3, 0.4) is 0 Å². The van der Waals surface area contributed by atoms with Crippen molar-refractivity contribution in [1.29, 1.82) is 0 Å². The van der Waals surface area contributed by atoms with E-state index in [-0.39, 0.29) is 0 Å². The summed E-state index contributed by atoms with van der Waals surface area (Å²) < 4.78 is 0.930. The molecule has 3 aliphatic carbocycles. The van der Waals surface area contributed by atoms with Crippen molar-refractivity contribution in [3.05, 3.63) is 98.5 Å². The first-order valence-electron chi connectivity index (χ1n) is 12.1. The lowest BCUT2D eigenvalue weighted by molar-refractivity contribution is -0.146. The summed E-state index contributed by atoms with van der Waals surface area (Å²) in [6.45, 7) is 5.41. The lowest BCUT2D eigenvalue weighted by atomic mass is 9.54. The third-order valence-electron chi connectivity index (χ3n) is 8.37. The van der Waals surface area contributed by atoms with E-state index in [4.69, 9.17) is 23.2 Å². The zero-order chi connectivity index (χ0) is 26.4. The first-order chi connectivity index (χ1) is 17.5. The SMILES string of the molecule is Cc1c(Br)ccc(NC(=O)[C@H](C)N2C(=O)[C@@H]3[C@H](C2=O)C2(Cl)c4ccccc4C3(Cl)c3ccccc32)c1C. The monoisotopic (exact) mass is 596 g/mol. The molecule has 0 aromatic heterocycles. The number of amides is 3. The molecule has 0 saturated carbocycles. The molecule has 3 amide bonds. The summed E-state index contributed by atoms with van der Waals surface area (Å²) in [5.41, 5.74) is 5.42. The second kappa shape index (κ2) is 8.16. The van der Waals surface area contributed by atoms with E-state index in [9.17, 15) is 14.4 Å². The molecule has 0 spiro atoms. The summed E-state index contributed by atoms with van der Waals surface area (Å²) >= 11 is 18.4. The molecule has 0 unspecified atom stereocenters. The molecule has 1 heterocycles. The molecule has 3 atom stereocenters. The van der Waals surface area contributed by atoms with Gasteiger partial charge in [-0.25, -0.2) is 0 Å². The molecule has 4 aliphatic rings. The molecule has 1 fully saturated rings. The number of halogens is 3. The van der Waals surface area contributed by atoms with Crippen LogP contribution in [0.1, 0.15) is 40.3 Å². The fourth-order valence-corrected chi connectivity index (χ4v) is 7.88. The number of hydrogen-bond acceptors (Lipinski definition) is 3. The van der Waals surface area contributed by atoms with Crippen LogP contribution < -0.4 is 5.32 Å². The second-order valence-electron chi connectivity index (χ2n) is 10.0. The maximum atomic E-state index is 14.0. The number of nitrogens with zero attached hydrogens (tertiary/aromatic N) is 1. The molecule has 3 aromatic carbocycles. The smallest absolute Gasteiger partial charge is 0.247 e. The lowest BCUT2D eigenvalue weighted by Gasteiger charge is -2.54. The van der Waals surface area contributed by atoms with Crippen molar-refractivity contribution in [1.82, 2.24) is 4.90 Å². The number of benzene rings is 3. The molecule has 5 nitrogen and oxygen atoms in total. The zero-order valence-electron chi connectivity index (χ0n) is 20.3. The van der Waals surface area contributed by atoms with Gasteiger partial charge in [-0.05, 0) is 66.3 Å². The molecular weight excluding hydrogens is 575 g/mol. The van der Waals surface area contributed by atoms with Crippen molar-refractivity contribution in [2.75, 3.05) is 5.32 Å². The Kier molecular flexibility index (Phi) is 5.44. The van der Waals surface area contributed by atoms with Crippen molar-refractivity contribution < 1.29 is 14.4 Å². The van der Waals surface area contributed by atoms with Gasteiger partial charge in [0.1, 0.15) is 15.8 Å². The van der Waals surface area contributed by atoms with Crippen LogP contribution in [0.2, 0.25) is 0 Å². The van der Waals surface area contributed by atoms with Gasteiger partial charge in [0.2, 0.25) is 17.7 Å². The molecule has 1 saturated heterocycles. The minimum atomic E-state index is -1.27. The van der Waals surface area contributed by atoms with Crippen molar-refractivity contribution in [3.8, 4) is 0 Å². The summed E-state index contributed by atoms with van der Waals surface area (Å²) in [4.78, 5) is 40.0. The van der Waals surface area contributed by atoms with Gasteiger partial charge in [0.25, 0.3) is 0 Å². The Labute approximate surface area is 233 Å². The number of anilines is 1. The highest BCUT2D eigenvalue weighted by molar-refractivity contribution is 9.10. The van der Waals surface area contributed by atoms with Gasteiger partial charge < -0.3 is 5.32 Å². The van der Waals surface area contributed by atoms with Crippen LogP contribution in [0.4, 0.5) is 5.69 Å². The predicted octanol–water partition coefficient (Wildman–Crippen LogP) is 5.99. The zero-order valence-corrected chi connectivity index (χ0v) is 23.4. The first kappa shape index (κ1) is 24.7. The molecule has 8 heteroatoms. The van der Waals surface area contributed by atoms with Crippen LogP contribution in [-0.2, 0) is 24.1 Å². The maximum Gasteiger partial charge on any atom is 0.247 e. The van der Waals surface area contributed by atoms with Crippen LogP contribution in [0.25, 0.3) is 0 Å². The highest BCUT2D eigenvalue weighted by Crippen LogP contribution is 2.69. The Morgan fingerprint density at radius 2 is 1.27 bits per heavy atom. The molecule has 37 heavy (non-hydrogen) atoms. The van der Waals surface area contributed by atoms with Gasteiger partial charge in [-0.15, -0.1) is 23.2 Å². The summed E-state index contributed by atoms with van der Waals surface area (Å²) in [6, 6.07) is 17.5. The van der Waals surface area contributed by atoms with E-state index < -0.39 is 45.3 Å². The van der Waals surface area contributed by atoms with E-state index >= 15 is 0 Å². The van der Waals surface area contributed by atoms with Gasteiger partial charge in [0, 0.05) is 10.2 Å². The molecule has 3 aromatic rings. The Balaban J connectivity index is 1.43. The van der Waals surface area contributed by atoms with Gasteiger partial charge in [-0.1, -0.05) is 64.5 Å². The van der Waals surface area contributed by atoms with Gasteiger partial charge in [0.05, 0.1) is 11.8 Å². The number of imide groups is 1. The number of rotatable bonds is 3. The van der Waals surface area contributed by atoms with Crippen molar-refractivity contribution >= 4 is 62.5 Å². The molecule has 0 radical (unpaired) electrons. The van der Waals surface area contributed by atoms with E-state index in [1.54, 1.807) is 13.0 Å². The third kappa shape index (κ3) is 3.01. The van der Waals surface area contributed by atoms with E-state index in [1.165, 1.54) is 0 Å². The number of alkyl halides is 2. The van der Waals surface area contributed by atoms with Crippen molar-refractivity contribution in [3.63, 3.8) is 0 Å². The van der Waals surface area contributed by atoms with E-state index in [2.05, 4.69) is 21.2 Å². The fourth-order valence-electron chi connectivity index (χ4n) is 6.35. The third-order valence-corrected chi connectivity index (χ3v) is 10.5. The largest absolute Gasteiger partial charge is 0.324 e. The predicted molar refractivity (Wildman–Crippen MR) is 147 cm³/mol. The first-order valence-corrected chi connectivity index (χ1v) is 13.6. The molecular formula is C29H23BrCl2N2O3. The number of carbonyl (C=O) groups excluding carboxylic acids is 3. The van der Waals surface area contributed by atoms with E-state index in [1.807, 2.05) is 68.4 Å². The van der Waals surface area contributed by atoms with Gasteiger partial charge in [-0.2, -0.15) is 0 Å². The lowest BCUT2D eigenvalue weighted by Crippen LogP contribution is -2.57. The fraction of sp³-hybridized carbons (Fsp3) is 0.276. The molecule has 1 aliphatic heterocycles. The topological polar surface area (TPSA) is 66.5 Å². The van der Waals surface area contributed by atoms with Crippen LogP contribution in [0.15, 0.2) is 65.1 Å². The van der Waals surface area contributed by atoms with E-state index in [0.717, 1.165) is 42.8 Å². The van der Waals surface area contributed by atoms with Crippen LogP contribution in [0.5, 0.6) is 0 Å². The van der Waals surface area contributed by atoms with Crippen LogP contribution >= 0.6 is 39.1 Å². The Hall–Kier alpha value is -2.67. The second-order valence-corrected chi connectivity index (χ2v) is 12.1. The van der Waals surface area contributed by atoms with Crippen molar-refractivity contribution in [2.24, 2.45) is 11.8 Å². The summed E-state index contributed by atoms with van der Waals surface area (Å²) in [7, 11) is 0. The minimum Gasteiger partial charge on any atom is -0.324 e. The normalized spacial score (nSPS) is 28.0. The molecule has 188 valence electrons. The van der Waals surface area contributed by atoms with E-state index in [0.29, 0.717) is 5.69 Å². The van der Waals surface area contributed by atoms with Gasteiger partial charge in [-0.3, -0.25) is 19.3 Å². The number of nitrogens with one attached hydrogen (secondary N) is 1. The minimum absolute atomic E-state index is 0.459. The Morgan fingerprint density at radius 1 is 0.838 bits per heavy atom. The van der Waals surface area contributed by atoms with Crippen LogP contribution in [-0.4, -0.2) is 28.7 Å². The molecule has 7 rings (SSSR count). The standard InChI is InChI=1S/C29H23BrCl2N2O3/c1-14-15(2)22(13-12-21(14)30)33-25(35)16(3)34-26(36)23-24(27(34)37)29(32)18-9-5-4-8-17(18)28(23,31)19-10-6-7-11-20(19)29/h4-13,16,23-24H,1-3H3,(H,33,35)/t16-,23-,24+,28?,29?/m0/s1. The van der Waals surface area contributed by atoms with Gasteiger partial charge in [0.15, 0.2) is 0 Å². The summed E-state index contributed by atoms with van der Waals surface area (Å²) in [5.74, 6) is -3.29. The summed E-state index contributed by atoms with van der Waals surface area (Å²) in [5, 5.41) is 2.90. The number of likely N-dealkylation sites (tertiary alicyclic amines) is 1. The molecule has 2 bridgehead atoms. The Bertz CT molecular complexity index is 1420.